The summed E-state index contributed by atoms with van der Waals surface area (Å²) in [6.07, 6.45) is 2.34. The van der Waals surface area contributed by atoms with Gasteiger partial charge in [0.05, 0.1) is 24.2 Å². The number of carbonyl (C=O) groups excluding carboxylic acids is 1. The number of hydrogen-bond donors (Lipinski definition) is 1. The second-order valence-corrected chi connectivity index (χ2v) is 10.7. The van der Waals surface area contributed by atoms with Gasteiger partial charge in [0.1, 0.15) is 11.6 Å². The Hall–Kier alpha value is -5.05. The molecule has 1 N–H and O–H groups in total. The van der Waals surface area contributed by atoms with Crippen LogP contribution in [-0.2, 0) is 24.2 Å². The molecule has 0 fully saturated rings. The molecule has 5 rings (SSSR count). The van der Waals surface area contributed by atoms with Crippen molar-refractivity contribution >= 4 is 5.97 Å². The Morgan fingerprint density at radius 3 is 2.30 bits per heavy atom. The van der Waals surface area contributed by atoms with Crippen LogP contribution in [-0.4, -0.2) is 25.7 Å². The van der Waals surface area contributed by atoms with Crippen LogP contribution in [0.1, 0.15) is 62.2 Å². The van der Waals surface area contributed by atoms with Gasteiger partial charge in [0.2, 0.25) is 0 Å². The predicted molar refractivity (Wildman–Crippen MR) is 164 cm³/mol. The summed E-state index contributed by atoms with van der Waals surface area (Å²) in [7, 11) is 0. The van der Waals surface area contributed by atoms with Crippen molar-refractivity contribution in [1.82, 2.24) is 19.7 Å². The smallest absolute Gasteiger partial charge is 0.426 e. The number of esters is 1. The highest BCUT2D eigenvalue weighted by Gasteiger charge is 2.22. The van der Waals surface area contributed by atoms with E-state index in [9.17, 15) is 14.4 Å². The first-order valence-corrected chi connectivity index (χ1v) is 14.5. The Bertz CT molecular complexity index is 1820. The lowest BCUT2D eigenvalue weighted by Gasteiger charge is -2.19. The fourth-order valence-electron chi connectivity index (χ4n) is 5.05. The Labute approximate surface area is 249 Å². The monoisotopic (exact) mass is 578 g/mol. The zero-order chi connectivity index (χ0) is 30.3. The highest BCUT2D eigenvalue weighted by atomic mass is 16.5. The van der Waals surface area contributed by atoms with E-state index in [4.69, 9.17) is 14.2 Å². The van der Waals surface area contributed by atoms with Gasteiger partial charge in [0.25, 0.3) is 5.56 Å². The molecule has 0 aliphatic rings. The largest absolute Gasteiger partial charge is 0.439 e. The van der Waals surface area contributed by atoms with E-state index < -0.39 is 11.7 Å². The lowest BCUT2D eigenvalue weighted by molar-refractivity contribution is -0.133. The number of carbonyl (C=O) groups is 1. The minimum absolute atomic E-state index is 0.0405. The van der Waals surface area contributed by atoms with Gasteiger partial charge in [-0.1, -0.05) is 99.1 Å². The van der Waals surface area contributed by atoms with Gasteiger partial charge in [-0.2, -0.15) is 0 Å². The van der Waals surface area contributed by atoms with Crippen LogP contribution in [0.2, 0.25) is 0 Å². The number of unbranched alkanes of at least 4 members (excludes halogenated alkanes) is 1. The van der Waals surface area contributed by atoms with Crippen molar-refractivity contribution in [3.05, 3.63) is 122 Å². The zero-order valence-corrected chi connectivity index (χ0v) is 24.5. The van der Waals surface area contributed by atoms with Gasteiger partial charge in [-0.3, -0.25) is 23.7 Å². The molecule has 0 aliphatic carbocycles. The average Bonchev–Trinajstić information content (AvgIpc) is 3.45. The molecule has 0 amide bonds. The van der Waals surface area contributed by atoms with Gasteiger partial charge in [-0.05, 0) is 41.2 Å². The number of aromatic nitrogens is 4. The fraction of sp³-hybridized carbons (Fsp3) is 0.265. The van der Waals surface area contributed by atoms with Crippen LogP contribution < -0.4 is 16.1 Å². The lowest BCUT2D eigenvalue weighted by Crippen LogP contribution is -2.33. The number of nitrogens with one attached hydrogen (secondary N) is 1. The number of ether oxygens (including phenoxy) is 1. The fourth-order valence-corrected chi connectivity index (χ4v) is 5.05. The number of para-hydroxylation sites is 1. The van der Waals surface area contributed by atoms with Crippen LogP contribution in [0.15, 0.2) is 93.0 Å². The third kappa shape index (κ3) is 6.89. The van der Waals surface area contributed by atoms with Crippen LogP contribution in [0.25, 0.3) is 22.5 Å². The molecule has 0 saturated heterocycles. The molecule has 43 heavy (non-hydrogen) atoms. The summed E-state index contributed by atoms with van der Waals surface area (Å²) >= 11 is 0. The first-order chi connectivity index (χ1) is 20.8. The number of rotatable bonds is 11. The summed E-state index contributed by atoms with van der Waals surface area (Å²) in [4.78, 5) is 46.0. The Kier molecular flexibility index (Phi) is 9.10. The van der Waals surface area contributed by atoms with Gasteiger partial charge in [0, 0.05) is 12.0 Å². The number of hydrogen-bond acceptors (Lipinski definition) is 7. The van der Waals surface area contributed by atoms with Crippen molar-refractivity contribution in [2.75, 3.05) is 0 Å². The van der Waals surface area contributed by atoms with Crippen LogP contribution in [0.3, 0.4) is 0 Å². The van der Waals surface area contributed by atoms with Crippen LogP contribution in [0, 0.1) is 0 Å². The molecule has 220 valence electrons. The normalized spacial score (nSPS) is 11.2. The molecule has 0 atom stereocenters. The van der Waals surface area contributed by atoms with Crippen molar-refractivity contribution in [3.63, 3.8) is 0 Å². The van der Waals surface area contributed by atoms with Crippen LogP contribution >= 0.6 is 0 Å². The minimum Gasteiger partial charge on any atom is -0.426 e. The summed E-state index contributed by atoms with van der Waals surface area (Å²) in [6, 6.07) is 24.3. The van der Waals surface area contributed by atoms with E-state index in [0.29, 0.717) is 41.6 Å². The molecule has 0 radical (unpaired) electrons. The first-order valence-electron chi connectivity index (χ1n) is 14.5. The van der Waals surface area contributed by atoms with E-state index in [1.54, 1.807) is 28.8 Å². The van der Waals surface area contributed by atoms with Gasteiger partial charge >= 0.3 is 11.7 Å². The number of aryl methyl sites for hydroxylation is 1. The van der Waals surface area contributed by atoms with Gasteiger partial charge in [-0.15, -0.1) is 0 Å². The molecule has 0 aliphatic heterocycles. The summed E-state index contributed by atoms with van der Waals surface area (Å²) in [6.45, 7) is 6.37. The second-order valence-electron chi connectivity index (χ2n) is 10.7. The molecule has 2 aromatic heterocycles. The zero-order valence-electron chi connectivity index (χ0n) is 24.5. The van der Waals surface area contributed by atoms with Crippen molar-refractivity contribution in [2.24, 2.45) is 0 Å². The van der Waals surface area contributed by atoms with E-state index in [1.165, 1.54) is 0 Å². The second kappa shape index (κ2) is 13.3. The third-order valence-electron chi connectivity index (χ3n) is 7.20. The highest BCUT2D eigenvalue weighted by Crippen LogP contribution is 2.30. The van der Waals surface area contributed by atoms with E-state index in [0.717, 1.165) is 35.1 Å². The molecular weight excluding hydrogens is 544 g/mol. The molecular formula is C34H34N4O5. The quantitative estimate of drug-likeness (QED) is 0.153. The Morgan fingerprint density at radius 1 is 0.953 bits per heavy atom. The van der Waals surface area contributed by atoms with Gasteiger partial charge < -0.3 is 4.74 Å². The van der Waals surface area contributed by atoms with Crippen molar-refractivity contribution in [2.45, 2.75) is 58.9 Å². The number of benzene rings is 3. The molecule has 5 aromatic rings. The third-order valence-corrected chi connectivity index (χ3v) is 7.20. The molecule has 9 heteroatoms. The standard InChI is InChI=1S/C34H34N4O5/c1-4-5-15-29-35-31(22(2)3)28(20-30(39)42-25-11-7-6-8-12-25)33(40)38(29)21-23-16-18-24(19-17-23)26-13-9-10-14-27(26)32-36-34(41)43-37-32/h6-14,16-19,22H,4-5,15,20-21H2,1-3H3,(H,36,37,41). The van der Waals surface area contributed by atoms with Crippen molar-refractivity contribution in [1.29, 1.82) is 0 Å². The van der Waals surface area contributed by atoms with Gasteiger partial charge in [0.15, 0.2) is 5.82 Å². The molecule has 2 heterocycles. The van der Waals surface area contributed by atoms with Crippen molar-refractivity contribution in [3.8, 4) is 28.3 Å². The van der Waals surface area contributed by atoms with E-state index in [1.807, 2.05) is 68.4 Å². The molecule has 3 aromatic carbocycles. The average molecular weight is 579 g/mol. The SMILES string of the molecule is CCCCc1nc(C(C)C)c(CC(=O)Oc2ccccc2)c(=O)n1Cc1ccc(-c2ccccc2-c2noc(=O)[nH]2)cc1. The van der Waals surface area contributed by atoms with E-state index in [2.05, 4.69) is 17.1 Å². The van der Waals surface area contributed by atoms with E-state index >= 15 is 0 Å². The van der Waals surface area contributed by atoms with Crippen LogP contribution in [0.4, 0.5) is 0 Å². The highest BCUT2D eigenvalue weighted by molar-refractivity contribution is 5.80. The maximum absolute atomic E-state index is 14.0. The van der Waals surface area contributed by atoms with Gasteiger partial charge in [-0.25, -0.2) is 9.78 Å². The molecule has 0 bridgehead atoms. The van der Waals surface area contributed by atoms with Crippen LogP contribution in [0.5, 0.6) is 5.75 Å². The molecule has 0 spiro atoms. The summed E-state index contributed by atoms with van der Waals surface area (Å²) < 4.78 is 11.9. The van der Waals surface area contributed by atoms with Crippen molar-refractivity contribution < 1.29 is 14.1 Å². The number of aromatic amines is 1. The number of nitrogens with zero attached hydrogens (tertiary/aromatic N) is 3. The lowest BCUT2D eigenvalue weighted by atomic mass is 9.98. The number of H-pyrrole nitrogens is 1. The molecule has 0 unspecified atom stereocenters. The minimum atomic E-state index is -0.616. The summed E-state index contributed by atoms with van der Waals surface area (Å²) in [5, 5.41) is 3.84. The maximum Gasteiger partial charge on any atom is 0.439 e. The topological polar surface area (TPSA) is 120 Å². The summed E-state index contributed by atoms with van der Waals surface area (Å²) in [5.74, 6) is 0.335. The predicted octanol–water partition coefficient (Wildman–Crippen LogP) is 5.92. The summed E-state index contributed by atoms with van der Waals surface area (Å²) in [5.41, 5.74) is 4.21. The Morgan fingerprint density at radius 2 is 1.65 bits per heavy atom. The molecule has 0 saturated carbocycles. The Balaban J connectivity index is 1.48. The van der Waals surface area contributed by atoms with E-state index in [-0.39, 0.29) is 17.9 Å². The molecule has 9 nitrogen and oxygen atoms in total. The first kappa shape index (κ1) is 29.4. The maximum atomic E-state index is 14.0.